The third kappa shape index (κ3) is 3.40. The van der Waals surface area contributed by atoms with Gasteiger partial charge in [-0.25, -0.2) is 0 Å². The van der Waals surface area contributed by atoms with Crippen molar-refractivity contribution in [1.29, 1.82) is 0 Å². The van der Waals surface area contributed by atoms with Crippen LogP contribution in [0.3, 0.4) is 0 Å². The van der Waals surface area contributed by atoms with Crippen molar-refractivity contribution in [3.8, 4) is 17.1 Å². The molecular weight excluding hydrogens is 310 g/mol. The Hall–Kier alpha value is -3.22. The second kappa shape index (κ2) is 6.49. The van der Waals surface area contributed by atoms with Crippen LogP contribution in [-0.4, -0.2) is 15.1 Å². The second-order valence-corrected chi connectivity index (χ2v) is 5.34. The van der Waals surface area contributed by atoms with E-state index >= 15 is 0 Å². The molecular formula is C17H15N3O4. The maximum atomic E-state index is 10.8. The van der Waals surface area contributed by atoms with Gasteiger partial charge in [-0.05, 0) is 31.5 Å². The highest BCUT2D eigenvalue weighted by Crippen LogP contribution is 2.25. The van der Waals surface area contributed by atoms with Gasteiger partial charge in [0.2, 0.25) is 5.82 Å². The summed E-state index contributed by atoms with van der Waals surface area (Å²) in [4.78, 5) is 14.7. The Morgan fingerprint density at radius 2 is 2.00 bits per heavy atom. The van der Waals surface area contributed by atoms with Crippen LogP contribution < -0.4 is 4.74 Å². The number of aromatic nitrogens is 2. The fourth-order valence-corrected chi connectivity index (χ4v) is 2.22. The van der Waals surface area contributed by atoms with Crippen LogP contribution in [0.4, 0.5) is 5.69 Å². The summed E-state index contributed by atoms with van der Waals surface area (Å²) >= 11 is 0. The van der Waals surface area contributed by atoms with Crippen LogP contribution in [0.2, 0.25) is 0 Å². The standard InChI is InChI=1S/C17H15N3O4/c1-11-5-3-8-15(9-11)23-12(2)17-18-16(19-24-17)13-6-4-7-14(10-13)20(21)22/h3-10,12H,1-2H3. The van der Waals surface area contributed by atoms with Gasteiger partial charge in [0, 0.05) is 17.7 Å². The number of non-ortho nitro benzene ring substituents is 1. The Morgan fingerprint density at radius 1 is 1.21 bits per heavy atom. The molecule has 0 aliphatic carbocycles. The van der Waals surface area contributed by atoms with E-state index in [-0.39, 0.29) is 11.5 Å². The number of nitrogens with zero attached hydrogens (tertiary/aromatic N) is 3. The zero-order valence-electron chi connectivity index (χ0n) is 13.2. The average Bonchev–Trinajstić information content (AvgIpc) is 3.05. The highest BCUT2D eigenvalue weighted by atomic mass is 16.6. The molecule has 24 heavy (non-hydrogen) atoms. The number of benzene rings is 2. The zero-order valence-corrected chi connectivity index (χ0v) is 13.2. The fourth-order valence-electron chi connectivity index (χ4n) is 2.22. The number of hydrogen-bond donors (Lipinski definition) is 0. The minimum Gasteiger partial charge on any atom is -0.481 e. The van der Waals surface area contributed by atoms with E-state index in [1.165, 1.54) is 12.1 Å². The molecule has 1 heterocycles. The molecule has 0 amide bonds. The van der Waals surface area contributed by atoms with E-state index in [0.29, 0.717) is 17.2 Å². The van der Waals surface area contributed by atoms with Gasteiger partial charge in [0.15, 0.2) is 6.10 Å². The van der Waals surface area contributed by atoms with E-state index < -0.39 is 11.0 Å². The van der Waals surface area contributed by atoms with Gasteiger partial charge in [0.25, 0.3) is 11.6 Å². The Labute approximate surface area is 138 Å². The Bertz CT molecular complexity index is 876. The molecule has 0 bridgehead atoms. The van der Waals surface area contributed by atoms with Crippen molar-refractivity contribution in [2.45, 2.75) is 20.0 Å². The summed E-state index contributed by atoms with van der Waals surface area (Å²) in [5, 5.41) is 14.7. The molecule has 1 unspecified atom stereocenters. The van der Waals surface area contributed by atoms with Crippen LogP contribution in [0.1, 0.15) is 24.5 Å². The molecule has 7 heteroatoms. The summed E-state index contributed by atoms with van der Waals surface area (Å²) in [5.74, 6) is 1.30. The number of hydrogen-bond acceptors (Lipinski definition) is 6. The Balaban J connectivity index is 1.80. The van der Waals surface area contributed by atoms with Crippen LogP contribution in [0.5, 0.6) is 5.75 Å². The van der Waals surface area contributed by atoms with E-state index in [9.17, 15) is 10.1 Å². The smallest absolute Gasteiger partial charge is 0.270 e. The number of ether oxygens (including phenoxy) is 1. The zero-order chi connectivity index (χ0) is 17.1. The Kier molecular flexibility index (Phi) is 4.24. The summed E-state index contributed by atoms with van der Waals surface area (Å²) in [5.41, 5.74) is 1.58. The first kappa shape index (κ1) is 15.7. The van der Waals surface area contributed by atoms with Crippen molar-refractivity contribution in [3.63, 3.8) is 0 Å². The molecule has 122 valence electrons. The molecule has 7 nitrogen and oxygen atoms in total. The van der Waals surface area contributed by atoms with Crippen LogP contribution >= 0.6 is 0 Å². The normalized spacial score (nSPS) is 11.9. The van der Waals surface area contributed by atoms with Crippen LogP contribution in [0, 0.1) is 17.0 Å². The van der Waals surface area contributed by atoms with Crippen molar-refractivity contribution < 1.29 is 14.2 Å². The van der Waals surface area contributed by atoms with Gasteiger partial charge < -0.3 is 9.26 Å². The number of nitro benzene ring substituents is 1. The predicted octanol–water partition coefficient (Wildman–Crippen LogP) is 4.09. The van der Waals surface area contributed by atoms with Crippen molar-refractivity contribution in [2.75, 3.05) is 0 Å². The van der Waals surface area contributed by atoms with Crippen LogP contribution in [0.25, 0.3) is 11.4 Å². The Morgan fingerprint density at radius 3 is 2.75 bits per heavy atom. The molecule has 3 aromatic rings. The maximum absolute atomic E-state index is 10.8. The first-order chi connectivity index (χ1) is 11.5. The highest BCUT2D eigenvalue weighted by Gasteiger charge is 2.18. The van der Waals surface area contributed by atoms with E-state index in [0.717, 1.165) is 5.56 Å². The minimum atomic E-state index is -0.464. The molecule has 0 N–H and O–H groups in total. The van der Waals surface area contributed by atoms with E-state index in [1.807, 2.05) is 31.2 Å². The van der Waals surface area contributed by atoms with Gasteiger partial charge in [-0.2, -0.15) is 4.98 Å². The molecule has 1 atom stereocenters. The van der Waals surface area contributed by atoms with E-state index in [4.69, 9.17) is 9.26 Å². The van der Waals surface area contributed by atoms with Gasteiger partial charge >= 0.3 is 0 Å². The van der Waals surface area contributed by atoms with Crippen LogP contribution in [0.15, 0.2) is 53.1 Å². The lowest BCUT2D eigenvalue weighted by atomic mass is 10.2. The summed E-state index contributed by atoms with van der Waals surface area (Å²) in [6.07, 6.45) is -0.438. The first-order valence-electron chi connectivity index (χ1n) is 7.34. The molecule has 0 aliphatic rings. The summed E-state index contributed by atoms with van der Waals surface area (Å²) in [7, 11) is 0. The summed E-state index contributed by atoms with van der Waals surface area (Å²) < 4.78 is 11.0. The fraction of sp³-hybridized carbons (Fsp3) is 0.176. The topological polar surface area (TPSA) is 91.3 Å². The second-order valence-electron chi connectivity index (χ2n) is 5.34. The molecule has 0 aliphatic heterocycles. The first-order valence-corrected chi connectivity index (χ1v) is 7.34. The van der Waals surface area contributed by atoms with Gasteiger partial charge in [0.1, 0.15) is 5.75 Å². The van der Waals surface area contributed by atoms with Gasteiger partial charge in [0.05, 0.1) is 4.92 Å². The predicted molar refractivity (Wildman–Crippen MR) is 86.6 cm³/mol. The SMILES string of the molecule is Cc1cccc(OC(C)c2nc(-c3cccc([N+](=O)[O-])c3)no2)c1. The molecule has 1 aromatic heterocycles. The number of aryl methyl sites for hydroxylation is 1. The molecule has 0 fully saturated rings. The third-order valence-corrected chi connectivity index (χ3v) is 3.41. The number of rotatable bonds is 5. The van der Waals surface area contributed by atoms with Crippen LogP contribution in [-0.2, 0) is 0 Å². The highest BCUT2D eigenvalue weighted by molar-refractivity contribution is 5.58. The maximum Gasteiger partial charge on any atom is 0.270 e. The van der Waals surface area contributed by atoms with E-state index in [1.54, 1.807) is 19.1 Å². The van der Waals surface area contributed by atoms with Crippen molar-refractivity contribution in [1.82, 2.24) is 10.1 Å². The third-order valence-electron chi connectivity index (χ3n) is 3.41. The van der Waals surface area contributed by atoms with Crippen molar-refractivity contribution in [3.05, 3.63) is 70.1 Å². The minimum absolute atomic E-state index is 0.0251. The van der Waals surface area contributed by atoms with Gasteiger partial charge in [-0.1, -0.05) is 29.4 Å². The molecule has 0 spiro atoms. The molecule has 0 saturated heterocycles. The molecule has 3 rings (SSSR count). The van der Waals surface area contributed by atoms with Gasteiger partial charge in [-0.3, -0.25) is 10.1 Å². The molecule has 0 saturated carbocycles. The molecule has 2 aromatic carbocycles. The van der Waals surface area contributed by atoms with Gasteiger partial charge in [-0.15, -0.1) is 0 Å². The lowest BCUT2D eigenvalue weighted by Crippen LogP contribution is -2.03. The lowest BCUT2D eigenvalue weighted by molar-refractivity contribution is -0.384. The lowest BCUT2D eigenvalue weighted by Gasteiger charge is -2.10. The number of nitro groups is 1. The molecule has 0 radical (unpaired) electrons. The summed E-state index contributed by atoms with van der Waals surface area (Å²) in [6.45, 7) is 3.78. The van der Waals surface area contributed by atoms with Crippen molar-refractivity contribution in [2.24, 2.45) is 0 Å². The van der Waals surface area contributed by atoms with Crippen molar-refractivity contribution >= 4 is 5.69 Å². The monoisotopic (exact) mass is 325 g/mol. The quantitative estimate of drug-likeness (QED) is 0.518. The van der Waals surface area contributed by atoms with E-state index in [2.05, 4.69) is 10.1 Å². The largest absolute Gasteiger partial charge is 0.481 e. The average molecular weight is 325 g/mol. The summed E-state index contributed by atoms with van der Waals surface area (Å²) in [6, 6.07) is 13.7.